The van der Waals surface area contributed by atoms with Gasteiger partial charge in [0.2, 0.25) is 5.91 Å². The molecule has 116 valence electrons. The molecule has 2 aliphatic rings. The van der Waals surface area contributed by atoms with Crippen molar-refractivity contribution in [3.63, 3.8) is 0 Å². The molecule has 1 aromatic heterocycles. The summed E-state index contributed by atoms with van der Waals surface area (Å²) in [7, 11) is 0. The van der Waals surface area contributed by atoms with Gasteiger partial charge in [-0.05, 0) is 45.4 Å². The van der Waals surface area contributed by atoms with Gasteiger partial charge >= 0.3 is 0 Å². The number of amides is 1. The highest BCUT2D eigenvalue weighted by molar-refractivity contribution is 5.79. The third kappa shape index (κ3) is 3.46. The molecule has 1 unspecified atom stereocenters. The monoisotopic (exact) mass is 290 g/mol. The van der Waals surface area contributed by atoms with Crippen LogP contribution in [0.1, 0.15) is 57.3 Å². The third-order valence-electron chi connectivity index (χ3n) is 4.86. The third-order valence-corrected chi connectivity index (χ3v) is 4.86. The maximum Gasteiger partial charge on any atom is 0.225 e. The summed E-state index contributed by atoms with van der Waals surface area (Å²) < 4.78 is 0. The largest absolute Gasteiger partial charge is 0.347 e. The van der Waals surface area contributed by atoms with Gasteiger partial charge in [-0.2, -0.15) is 0 Å². The molecule has 2 N–H and O–H groups in total. The Morgan fingerprint density at radius 2 is 2.19 bits per heavy atom. The predicted octanol–water partition coefficient (Wildman–Crippen LogP) is 2.24. The van der Waals surface area contributed by atoms with Crippen molar-refractivity contribution in [2.75, 3.05) is 13.1 Å². The van der Waals surface area contributed by atoms with E-state index < -0.39 is 0 Å². The van der Waals surface area contributed by atoms with Gasteiger partial charge in [0.15, 0.2) is 0 Å². The minimum atomic E-state index is 0.217. The summed E-state index contributed by atoms with van der Waals surface area (Å²) in [4.78, 5) is 22.1. The smallest absolute Gasteiger partial charge is 0.225 e. The number of nitrogens with zero attached hydrogens (tertiary/aromatic N) is 2. The number of H-pyrrole nitrogens is 1. The van der Waals surface area contributed by atoms with Gasteiger partial charge in [0.1, 0.15) is 5.82 Å². The number of aromatic amines is 1. The van der Waals surface area contributed by atoms with E-state index in [4.69, 9.17) is 0 Å². The second kappa shape index (κ2) is 6.60. The number of rotatable bonds is 4. The summed E-state index contributed by atoms with van der Waals surface area (Å²) >= 11 is 0. The molecule has 0 aromatic carbocycles. The Morgan fingerprint density at radius 3 is 2.90 bits per heavy atom. The molecule has 5 nitrogen and oxygen atoms in total. The number of piperidine rings is 1. The van der Waals surface area contributed by atoms with Gasteiger partial charge in [-0.1, -0.05) is 0 Å². The molecule has 5 heteroatoms. The Hall–Kier alpha value is -1.36. The summed E-state index contributed by atoms with van der Waals surface area (Å²) in [6.45, 7) is 4.06. The van der Waals surface area contributed by atoms with Crippen LogP contribution in [0.3, 0.4) is 0 Å². The van der Waals surface area contributed by atoms with Crippen molar-refractivity contribution in [3.8, 4) is 0 Å². The lowest BCUT2D eigenvalue weighted by Gasteiger charge is -2.29. The van der Waals surface area contributed by atoms with Gasteiger partial charge in [0, 0.05) is 37.4 Å². The van der Waals surface area contributed by atoms with Crippen LogP contribution in [-0.2, 0) is 4.79 Å². The van der Waals surface area contributed by atoms with Crippen molar-refractivity contribution >= 4 is 5.91 Å². The maximum atomic E-state index is 12.5. The van der Waals surface area contributed by atoms with Crippen LogP contribution in [0.15, 0.2) is 12.4 Å². The first kappa shape index (κ1) is 14.6. The molecule has 1 saturated heterocycles. The molecule has 1 saturated carbocycles. The van der Waals surface area contributed by atoms with Crippen LogP contribution >= 0.6 is 0 Å². The maximum absolute atomic E-state index is 12.5. The van der Waals surface area contributed by atoms with Gasteiger partial charge in [-0.3, -0.25) is 4.79 Å². The fourth-order valence-corrected chi connectivity index (χ4v) is 3.68. The zero-order valence-corrected chi connectivity index (χ0v) is 12.8. The van der Waals surface area contributed by atoms with Gasteiger partial charge in [-0.25, -0.2) is 4.98 Å². The first-order valence-electron chi connectivity index (χ1n) is 8.28. The van der Waals surface area contributed by atoms with Crippen molar-refractivity contribution in [2.45, 2.75) is 57.5 Å². The molecule has 1 aliphatic carbocycles. The van der Waals surface area contributed by atoms with E-state index in [2.05, 4.69) is 27.1 Å². The second-order valence-electron chi connectivity index (χ2n) is 6.46. The van der Waals surface area contributed by atoms with Crippen LogP contribution in [0, 0.1) is 5.92 Å². The van der Waals surface area contributed by atoms with Crippen molar-refractivity contribution in [2.24, 2.45) is 5.92 Å². The summed E-state index contributed by atoms with van der Waals surface area (Å²) in [5.41, 5.74) is 0. The zero-order chi connectivity index (χ0) is 14.7. The Morgan fingerprint density at radius 1 is 1.38 bits per heavy atom. The molecule has 0 bridgehead atoms. The molecule has 21 heavy (non-hydrogen) atoms. The molecule has 0 spiro atoms. The average Bonchev–Trinajstić information content (AvgIpc) is 3.19. The molecular weight excluding hydrogens is 264 g/mol. The Balaban J connectivity index is 1.49. The van der Waals surface area contributed by atoms with Gasteiger partial charge in [0.05, 0.1) is 6.04 Å². The normalized spacial score (nSPS) is 27.8. The Bertz CT molecular complexity index is 453. The fourth-order valence-electron chi connectivity index (χ4n) is 3.68. The number of hydrogen-bond donors (Lipinski definition) is 2. The van der Waals surface area contributed by atoms with Crippen LogP contribution in [0.5, 0.6) is 0 Å². The van der Waals surface area contributed by atoms with Crippen molar-refractivity contribution < 1.29 is 4.79 Å². The zero-order valence-electron chi connectivity index (χ0n) is 12.8. The van der Waals surface area contributed by atoms with Crippen molar-refractivity contribution in [3.05, 3.63) is 18.2 Å². The summed E-state index contributed by atoms with van der Waals surface area (Å²) in [5, 5.41) is 3.60. The fraction of sp³-hybridized carbons (Fsp3) is 0.750. The number of carbonyl (C=O) groups is 1. The summed E-state index contributed by atoms with van der Waals surface area (Å²) in [6.07, 6.45) is 10.4. The number of nitrogens with one attached hydrogen (secondary N) is 2. The van der Waals surface area contributed by atoms with E-state index in [9.17, 15) is 4.79 Å². The van der Waals surface area contributed by atoms with E-state index in [1.165, 1.54) is 19.3 Å². The highest BCUT2D eigenvalue weighted by atomic mass is 16.2. The van der Waals surface area contributed by atoms with Crippen LogP contribution in [0.25, 0.3) is 0 Å². The second-order valence-corrected chi connectivity index (χ2v) is 6.46. The molecule has 1 aromatic rings. The first-order valence-corrected chi connectivity index (χ1v) is 8.28. The standard InChI is InChI=1S/C16H26N4O/c1-12(15-17-7-8-18-15)19-14-6-5-13(11-14)16(21)20-9-3-2-4-10-20/h7-8,12-14,19H,2-6,9-11H2,1H3,(H,17,18)/t12?,13-,14+/m1/s1. The van der Waals surface area contributed by atoms with Gasteiger partial charge in [0.25, 0.3) is 0 Å². The number of hydrogen-bond acceptors (Lipinski definition) is 3. The van der Waals surface area contributed by atoms with E-state index in [0.717, 1.165) is 38.2 Å². The number of imidazole rings is 1. The molecule has 2 heterocycles. The van der Waals surface area contributed by atoms with Crippen molar-refractivity contribution in [1.29, 1.82) is 0 Å². The number of carbonyl (C=O) groups excluding carboxylic acids is 1. The van der Waals surface area contributed by atoms with Gasteiger partial charge in [-0.15, -0.1) is 0 Å². The quantitative estimate of drug-likeness (QED) is 0.894. The minimum absolute atomic E-state index is 0.217. The number of likely N-dealkylation sites (tertiary alicyclic amines) is 1. The van der Waals surface area contributed by atoms with Crippen LogP contribution in [0.4, 0.5) is 0 Å². The molecule has 0 radical (unpaired) electrons. The van der Waals surface area contributed by atoms with E-state index in [0.29, 0.717) is 11.9 Å². The molecular formula is C16H26N4O. The van der Waals surface area contributed by atoms with Crippen LogP contribution in [-0.4, -0.2) is 39.9 Å². The lowest BCUT2D eigenvalue weighted by atomic mass is 10.0. The minimum Gasteiger partial charge on any atom is -0.347 e. The summed E-state index contributed by atoms with van der Waals surface area (Å²) in [6, 6.07) is 0.651. The van der Waals surface area contributed by atoms with Crippen molar-refractivity contribution in [1.82, 2.24) is 20.2 Å². The van der Waals surface area contributed by atoms with Crippen LogP contribution < -0.4 is 5.32 Å². The topological polar surface area (TPSA) is 61.0 Å². The first-order chi connectivity index (χ1) is 10.2. The lowest BCUT2D eigenvalue weighted by Crippen LogP contribution is -2.39. The van der Waals surface area contributed by atoms with E-state index in [1.807, 2.05) is 6.20 Å². The molecule has 1 aliphatic heterocycles. The predicted molar refractivity (Wildman–Crippen MR) is 81.7 cm³/mol. The number of aromatic nitrogens is 2. The highest BCUT2D eigenvalue weighted by Gasteiger charge is 2.33. The highest BCUT2D eigenvalue weighted by Crippen LogP contribution is 2.29. The van der Waals surface area contributed by atoms with Crippen LogP contribution in [0.2, 0.25) is 0 Å². The molecule has 3 rings (SSSR count). The Kier molecular flexibility index (Phi) is 4.58. The molecule has 2 fully saturated rings. The molecule has 3 atom stereocenters. The van der Waals surface area contributed by atoms with E-state index in [1.54, 1.807) is 6.20 Å². The Labute approximate surface area is 126 Å². The van der Waals surface area contributed by atoms with E-state index >= 15 is 0 Å². The lowest BCUT2D eigenvalue weighted by molar-refractivity contribution is -0.136. The van der Waals surface area contributed by atoms with E-state index in [-0.39, 0.29) is 12.0 Å². The van der Waals surface area contributed by atoms with Gasteiger partial charge < -0.3 is 15.2 Å². The molecule has 1 amide bonds. The summed E-state index contributed by atoms with van der Waals surface area (Å²) in [5.74, 6) is 1.59. The SMILES string of the molecule is CC(N[C@H]1CC[C@@H](C(=O)N2CCCCC2)C1)c1ncc[nH]1. The average molecular weight is 290 g/mol.